The molecule has 3 N–H and O–H groups in total. The number of pyridine rings is 1. The summed E-state index contributed by atoms with van der Waals surface area (Å²) in [5, 5.41) is 2.98. The predicted molar refractivity (Wildman–Crippen MR) is 102 cm³/mol. The first-order chi connectivity index (χ1) is 12.9. The molecule has 0 saturated heterocycles. The second-order valence-electron chi connectivity index (χ2n) is 6.49. The maximum atomic E-state index is 11.7. The average molecular weight is 382 g/mol. The van der Waals surface area contributed by atoms with Gasteiger partial charge in [0, 0.05) is 23.6 Å². The molecule has 4 rings (SSSR count). The molecule has 0 aliphatic heterocycles. The van der Waals surface area contributed by atoms with Gasteiger partial charge in [0.2, 0.25) is 11.9 Å². The Kier molecular flexibility index (Phi) is 4.23. The molecule has 3 aromatic rings. The van der Waals surface area contributed by atoms with Gasteiger partial charge in [-0.1, -0.05) is 12.1 Å². The lowest BCUT2D eigenvalue weighted by Gasteiger charge is -2.09. The quantitative estimate of drug-likeness (QED) is 0.690. The second-order valence-corrected chi connectivity index (χ2v) is 8.50. The predicted octanol–water partition coefficient (Wildman–Crippen LogP) is 2.54. The zero-order valence-electron chi connectivity index (χ0n) is 14.6. The van der Waals surface area contributed by atoms with Crippen molar-refractivity contribution in [3.05, 3.63) is 48.2 Å². The topological polar surface area (TPSA) is 124 Å². The molecule has 0 atom stereocenters. The van der Waals surface area contributed by atoms with Gasteiger partial charge in [0.05, 0.1) is 4.90 Å². The van der Waals surface area contributed by atoms with Crippen molar-refractivity contribution in [3.63, 3.8) is 0 Å². The van der Waals surface area contributed by atoms with E-state index in [0.29, 0.717) is 23.1 Å². The minimum absolute atomic E-state index is 0.0559. The second kappa shape index (κ2) is 6.58. The molecule has 27 heavy (non-hydrogen) atoms. The van der Waals surface area contributed by atoms with Crippen molar-refractivity contribution in [2.24, 2.45) is 0 Å². The molecule has 8 nitrogen and oxygen atoms in total. The molecule has 2 aromatic heterocycles. The smallest absolute Gasteiger partial charge is 0.232 e. The van der Waals surface area contributed by atoms with E-state index in [1.54, 1.807) is 12.1 Å². The Balaban J connectivity index is 1.66. The number of benzene rings is 1. The van der Waals surface area contributed by atoms with Gasteiger partial charge in [0.15, 0.2) is 15.7 Å². The van der Waals surface area contributed by atoms with E-state index in [1.807, 2.05) is 18.2 Å². The fourth-order valence-corrected chi connectivity index (χ4v) is 3.35. The number of rotatable bonds is 5. The maximum absolute atomic E-state index is 11.7. The van der Waals surface area contributed by atoms with Crippen LogP contribution < -0.4 is 11.1 Å². The van der Waals surface area contributed by atoms with Crippen molar-refractivity contribution in [2.75, 3.05) is 17.3 Å². The Morgan fingerprint density at radius 1 is 1.04 bits per heavy atom. The first kappa shape index (κ1) is 17.3. The Morgan fingerprint density at radius 3 is 2.56 bits per heavy atom. The Bertz CT molecular complexity index is 1110. The van der Waals surface area contributed by atoms with Gasteiger partial charge >= 0.3 is 0 Å². The molecular formula is C18H18N6O2S. The van der Waals surface area contributed by atoms with Crippen LogP contribution in [0.25, 0.3) is 11.5 Å². The van der Waals surface area contributed by atoms with E-state index in [0.717, 1.165) is 24.8 Å². The zero-order chi connectivity index (χ0) is 19.0. The van der Waals surface area contributed by atoms with Crippen LogP contribution >= 0.6 is 0 Å². The van der Waals surface area contributed by atoms with Crippen LogP contribution in [0.15, 0.2) is 47.4 Å². The van der Waals surface area contributed by atoms with Crippen LogP contribution in [-0.4, -0.2) is 34.6 Å². The Labute approximate surface area is 156 Å². The van der Waals surface area contributed by atoms with Crippen molar-refractivity contribution in [3.8, 4) is 11.5 Å². The van der Waals surface area contributed by atoms with E-state index >= 15 is 0 Å². The first-order valence-electron chi connectivity index (χ1n) is 8.44. The summed E-state index contributed by atoms with van der Waals surface area (Å²) in [6.45, 7) is 0. The molecule has 1 aliphatic rings. The Morgan fingerprint density at radius 2 is 1.81 bits per heavy atom. The number of nitrogen functional groups attached to an aromatic ring is 1. The SMILES string of the molecule is CS(=O)(=O)c1cccc(Nc2nc(N)nc(-c3cccc(C4CC4)n3)n2)c1. The molecule has 1 fully saturated rings. The van der Waals surface area contributed by atoms with Crippen molar-refractivity contribution < 1.29 is 8.42 Å². The molecule has 9 heteroatoms. The first-order valence-corrected chi connectivity index (χ1v) is 10.3. The van der Waals surface area contributed by atoms with E-state index < -0.39 is 9.84 Å². The summed E-state index contributed by atoms with van der Waals surface area (Å²) in [5.74, 6) is 1.16. The minimum Gasteiger partial charge on any atom is -0.368 e. The average Bonchev–Trinajstić information content (AvgIpc) is 3.46. The van der Waals surface area contributed by atoms with Gasteiger partial charge in [-0.15, -0.1) is 0 Å². The summed E-state index contributed by atoms with van der Waals surface area (Å²) >= 11 is 0. The maximum Gasteiger partial charge on any atom is 0.232 e. The fourth-order valence-electron chi connectivity index (χ4n) is 2.68. The molecule has 1 aromatic carbocycles. The van der Waals surface area contributed by atoms with E-state index in [1.165, 1.54) is 12.1 Å². The molecule has 0 amide bonds. The van der Waals surface area contributed by atoms with Gasteiger partial charge in [-0.3, -0.25) is 0 Å². The monoisotopic (exact) mass is 382 g/mol. The number of sulfone groups is 1. The van der Waals surface area contributed by atoms with Gasteiger partial charge in [-0.05, 0) is 43.2 Å². The summed E-state index contributed by atoms with van der Waals surface area (Å²) in [4.78, 5) is 17.5. The lowest BCUT2D eigenvalue weighted by atomic mass is 10.2. The summed E-state index contributed by atoms with van der Waals surface area (Å²) in [6, 6.07) is 12.2. The number of anilines is 3. The minimum atomic E-state index is -3.31. The molecule has 0 spiro atoms. The van der Waals surface area contributed by atoms with E-state index in [9.17, 15) is 8.42 Å². The molecule has 2 heterocycles. The molecule has 0 unspecified atom stereocenters. The highest BCUT2D eigenvalue weighted by molar-refractivity contribution is 7.90. The van der Waals surface area contributed by atoms with Gasteiger partial charge < -0.3 is 11.1 Å². The lowest BCUT2D eigenvalue weighted by molar-refractivity contribution is 0.602. The number of aromatic nitrogens is 4. The van der Waals surface area contributed by atoms with Crippen LogP contribution in [0.2, 0.25) is 0 Å². The van der Waals surface area contributed by atoms with E-state index in [-0.39, 0.29) is 16.8 Å². The van der Waals surface area contributed by atoms with Gasteiger partial charge in [0.1, 0.15) is 5.69 Å². The molecular weight excluding hydrogens is 364 g/mol. The van der Waals surface area contributed by atoms with Crippen LogP contribution in [0, 0.1) is 0 Å². The summed E-state index contributed by atoms with van der Waals surface area (Å²) in [5.41, 5.74) is 8.03. The largest absolute Gasteiger partial charge is 0.368 e. The van der Waals surface area contributed by atoms with E-state index in [2.05, 4.69) is 25.3 Å². The standard InChI is InChI=1S/C18H18N6O2S/c1-27(25,26)13-5-2-4-12(10-13)20-18-23-16(22-17(19)24-18)15-7-3-6-14(21-15)11-8-9-11/h2-7,10-11H,8-9H2,1H3,(H3,19,20,22,23,24). The van der Waals surface area contributed by atoms with Crippen molar-refractivity contribution >= 4 is 27.4 Å². The fraction of sp³-hybridized carbons (Fsp3) is 0.222. The summed E-state index contributed by atoms with van der Waals surface area (Å²) < 4.78 is 23.5. The Hall–Kier alpha value is -3.07. The number of nitrogens with two attached hydrogens (primary N) is 1. The summed E-state index contributed by atoms with van der Waals surface area (Å²) in [7, 11) is -3.31. The van der Waals surface area contributed by atoms with Crippen LogP contribution in [0.3, 0.4) is 0 Å². The van der Waals surface area contributed by atoms with Crippen LogP contribution in [0.5, 0.6) is 0 Å². The number of hydrogen-bond donors (Lipinski definition) is 2. The van der Waals surface area contributed by atoms with Gasteiger partial charge in [-0.2, -0.15) is 15.0 Å². The normalized spacial score (nSPS) is 14.1. The molecule has 1 saturated carbocycles. The molecule has 0 bridgehead atoms. The van der Waals surface area contributed by atoms with Gasteiger partial charge in [0.25, 0.3) is 0 Å². The summed E-state index contributed by atoms with van der Waals surface area (Å²) in [6.07, 6.45) is 3.46. The number of nitrogens with one attached hydrogen (secondary N) is 1. The van der Waals surface area contributed by atoms with Crippen molar-refractivity contribution in [1.29, 1.82) is 0 Å². The third kappa shape index (κ3) is 4.03. The van der Waals surface area contributed by atoms with Crippen LogP contribution in [0.1, 0.15) is 24.5 Å². The van der Waals surface area contributed by atoms with Crippen LogP contribution in [-0.2, 0) is 9.84 Å². The third-order valence-corrected chi connectivity index (χ3v) is 5.28. The van der Waals surface area contributed by atoms with Crippen LogP contribution in [0.4, 0.5) is 17.6 Å². The highest BCUT2D eigenvalue weighted by atomic mass is 32.2. The highest BCUT2D eigenvalue weighted by Gasteiger charge is 2.25. The zero-order valence-corrected chi connectivity index (χ0v) is 15.4. The van der Waals surface area contributed by atoms with Gasteiger partial charge in [-0.25, -0.2) is 13.4 Å². The molecule has 1 aliphatic carbocycles. The highest BCUT2D eigenvalue weighted by Crippen LogP contribution is 2.39. The third-order valence-electron chi connectivity index (χ3n) is 4.17. The van der Waals surface area contributed by atoms with Crippen molar-refractivity contribution in [2.45, 2.75) is 23.7 Å². The van der Waals surface area contributed by atoms with E-state index in [4.69, 9.17) is 5.73 Å². The molecule has 138 valence electrons. The number of hydrogen-bond acceptors (Lipinski definition) is 8. The lowest BCUT2D eigenvalue weighted by Crippen LogP contribution is -2.06. The number of nitrogens with zero attached hydrogens (tertiary/aromatic N) is 4. The molecule has 0 radical (unpaired) electrons. The van der Waals surface area contributed by atoms with Crippen molar-refractivity contribution in [1.82, 2.24) is 19.9 Å².